The van der Waals surface area contributed by atoms with Gasteiger partial charge in [0.2, 0.25) is 5.91 Å². The third-order valence-electron chi connectivity index (χ3n) is 1.35. The Morgan fingerprint density at radius 3 is 3.17 bits per heavy atom. The molecule has 0 bridgehead atoms. The largest absolute Gasteiger partial charge is 0.360 e. The molecule has 1 aromatic heterocycles. The highest BCUT2D eigenvalue weighted by atomic mass is 16.5. The van der Waals surface area contributed by atoms with E-state index in [-0.39, 0.29) is 12.5 Å². The van der Waals surface area contributed by atoms with Crippen LogP contribution in [-0.2, 0) is 11.3 Å². The Hall–Kier alpha value is -1.36. The molecule has 0 saturated carbocycles. The Labute approximate surface area is 70.1 Å². The monoisotopic (exact) mass is 169 g/mol. The molecule has 1 heterocycles. The van der Waals surface area contributed by atoms with E-state index in [2.05, 4.69) is 15.8 Å². The normalized spacial score (nSPS) is 9.75. The van der Waals surface area contributed by atoms with Crippen LogP contribution in [0, 0.1) is 0 Å². The zero-order valence-electron chi connectivity index (χ0n) is 6.83. The topological polar surface area (TPSA) is 67.2 Å². The summed E-state index contributed by atoms with van der Waals surface area (Å²) in [4.78, 5) is 10.7. The molecule has 0 fully saturated rings. The predicted molar refractivity (Wildman–Crippen MR) is 42.3 cm³/mol. The van der Waals surface area contributed by atoms with Crippen LogP contribution in [0.15, 0.2) is 16.8 Å². The fourth-order valence-corrected chi connectivity index (χ4v) is 0.721. The van der Waals surface area contributed by atoms with E-state index in [1.54, 1.807) is 19.3 Å². The molecule has 0 atom stereocenters. The lowest BCUT2D eigenvalue weighted by Crippen LogP contribution is -2.30. The summed E-state index contributed by atoms with van der Waals surface area (Å²) in [6, 6.07) is 1.75. The fraction of sp³-hybridized carbons (Fsp3) is 0.429. The van der Waals surface area contributed by atoms with E-state index in [0.717, 1.165) is 5.76 Å². The predicted octanol–water partition coefficient (Wildman–Crippen LogP) is -0.490. The summed E-state index contributed by atoms with van der Waals surface area (Å²) in [6.45, 7) is 0.810. The van der Waals surface area contributed by atoms with Crippen molar-refractivity contribution in [1.82, 2.24) is 15.8 Å². The van der Waals surface area contributed by atoms with Gasteiger partial charge in [0, 0.05) is 13.1 Å². The van der Waals surface area contributed by atoms with Crippen molar-refractivity contribution in [3.63, 3.8) is 0 Å². The van der Waals surface area contributed by atoms with E-state index >= 15 is 0 Å². The molecule has 2 N–H and O–H groups in total. The van der Waals surface area contributed by atoms with Gasteiger partial charge in [0.15, 0.2) is 0 Å². The summed E-state index contributed by atoms with van der Waals surface area (Å²) in [7, 11) is 1.60. The number of aromatic nitrogens is 1. The van der Waals surface area contributed by atoms with Gasteiger partial charge in [-0.2, -0.15) is 0 Å². The van der Waals surface area contributed by atoms with E-state index in [4.69, 9.17) is 4.52 Å². The van der Waals surface area contributed by atoms with Crippen LogP contribution in [0.2, 0.25) is 0 Å². The first-order chi connectivity index (χ1) is 5.83. The summed E-state index contributed by atoms with van der Waals surface area (Å²) in [5, 5.41) is 8.91. The molecule has 0 spiro atoms. The Bertz CT molecular complexity index is 233. The molecular formula is C7H11N3O2. The molecule has 1 aromatic rings. The van der Waals surface area contributed by atoms with Crippen molar-refractivity contribution in [1.29, 1.82) is 0 Å². The first-order valence-electron chi connectivity index (χ1n) is 3.64. The van der Waals surface area contributed by atoms with Gasteiger partial charge in [-0.3, -0.25) is 4.79 Å². The Morgan fingerprint density at radius 1 is 1.75 bits per heavy atom. The zero-order valence-corrected chi connectivity index (χ0v) is 6.83. The standard InChI is InChI=1S/C7H11N3O2/c1-8-7(11)5-9-4-6-2-3-10-12-6/h2-3,9H,4-5H2,1H3,(H,8,11). The summed E-state index contributed by atoms with van der Waals surface area (Å²) < 4.78 is 4.80. The first kappa shape index (κ1) is 8.73. The van der Waals surface area contributed by atoms with Gasteiger partial charge in [-0.15, -0.1) is 0 Å². The molecule has 0 saturated heterocycles. The average molecular weight is 169 g/mol. The minimum absolute atomic E-state index is 0.0467. The Balaban J connectivity index is 2.15. The lowest BCUT2D eigenvalue weighted by molar-refractivity contribution is -0.119. The average Bonchev–Trinajstić information content (AvgIpc) is 2.57. The highest BCUT2D eigenvalue weighted by molar-refractivity contribution is 5.77. The van der Waals surface area contributed by atoms with Crippen LogP contribution in [0.1, 0.15) is 5.76 Å². The van der Waals surface area contributed by atoms with E-state index in [0.29, 0.717) is 6.54 Å². The maximum Gasteiger partial charge on any atom is 0.233 e. The van der Waals surface area contributed by atoms with Gasteiger partial charge in [-0.05, 0) is 0 Å². The number of carbonyl (C=O) groups is 1. The summed E-state index contributed by atoms with van der Waals surface area (Å²) in [5.74, 6) is 0.674. The number of amides is 1. The lowest BCUT2D eigenvalue weighted by Gasteiger charge is -1.99. The number of hydrogen-bond donors (Lipinski definition) is 2. The van der Waals surface area contributed by atoms with Gasteiger partial charge >= 0.3 is 0 Å². The van der Waals surface area contributed by atoms with Crippen molar-refractivity contribution < 1.29 is 9.32 Å². The van der Waals surface area contributed by atoms with Crippen molar-refractivity contribution in [2.24, 2.45) is 0 Å². The molecule has 5 nitrogen and oxygen atoms in total. The molecule has 1 rings (SSSR count). The molecule has 0 unspecified atom stereocenters. The number of hydrogen-bond acceptors (Lipinski definition) is 4. The molecule has 1 amide bonds. The summed E-state index contributed by atoms with van der Waals surface area (Å²) in [5.41, 5.74) is 0. The molecule has 0 radical (unpaired) electrons. The summed E-state index contributed by atoms with van der Waals surface area (Å²) >= 11 is 0. The van der Waals surface area contributed by atoms with Crippen LogP contribution in [0.25, 0.3) is 0 Å². The van der Waals surface area contributed by atoms with Gasteiger partial charge in [0.05, 0.1) is 19.3 Å². The maximum absolute atomic E-state index is 10.7. The summed E-state index contributed by atoms with van der Waals surface area (Å²) in [6.07, 6.45) is 1.57. The van der Waals surface area contributed by atoms with Crippen molar-refractivity contribution >= 4 is 5.91 Å². The van der Waals surface area contributed by atoms with Gasteiger partial charge in [-0.1, -0.05) is 5.16 Å². The van der Waals surface area contributed by atoms with Gasteiger partial charge in [0.1, 0.15) is 5.76 Å². The quantitative estimate of drug-likeness (QED) is 0.638. The minimum Gasteiger partial charge on any atom is -0.360 e. The highest BCUT2D eigenvalue weighted by Gasteiger charge is 1.98. The van der Waals surface area contributed by atoms with Gasteiger partial charge in [0.25, 0.3) is 0 Å². The molecule has 0 aliphatic heterocycles. The van der Waals surface area contributed by atoms with Gasteiger partial charge in [-0.25, -0.2) is 0 Å². The molecule has 66 valence electrons. The number of carbonyl (C=O) groups excluding carboxylic acids is 1. The third kappa shape index (κ3) is 2.71. The van der Waals surface area contributed by atoms with Crippen molar-refractivity contribution in [2.45, 2.75) is 6.54 Å². The molecule has 0 aliphatic rings. The second kappa shape index (κ2) is 4.50. The number of nitrogens with zero attached hydrogens (tertiary/aromatic N) is 1. The van der Waals surface area contributed by atoms with E-state index in [1.165, 1.54) is 0 Å². The number of rotatable bonds is 4. The van der Waals surface area contributed by atoms with Crippen LogP contribution in [0.5, 0.6) is 0 Å². The SMILES string of the molecule is CNC(=O)CNCc1ccno1. The first-order valence-corrected chi connectivity index (χ1v) is 3.64. The molecule has 5 heteroatoms. The van der Waals surface area contributed by atoms with E-state index in [9.17, 15) is 4.79 Å². The van der Waals surface area contributed by atoms with Crippen molar-refractivity contribution in [2.75, 3.05) is 13.6 Å². The zero-order chi connectivity index (χ0) is 8.81. The minimum atomic E-state index is -0.0467. The highest BCUT2D eigenvalue weighted by Crippen LogP contribution is 1.93. The smallest absolute Gasteiger partial charge is 0.233 e. The Kier molecular flexibility index (Phi) is 3.28. The van der Waals surface area contributed by atoms with Crippen LogP contribution in [-0.4, -0.2) is 24.7 Å². The molecule has 0 aliphatic carbocycles. The second-order valence-electron chi connectivity index (χ2n) is 2.26. The van der Waals surface area contributed by atoms with Gasteiger partial charge < -0.3 is 15.2 Å². The van der Waals surface area contributed by atoms with Crippen LogP contribution in [0.3, 0.4) is 0 Å². The van der Waals surface area contributed by atoms with Crippen LogP contribution < -0.4 is 10.6 Å². The van der Waals surface area contributed by atoms with Crippen LogP contribution >= 0.6 is 0 Å². The third-order valence-corrected chi connectivity index (χ3v) is 1.35. The Morgan fingerprint density at radius 2 is 2.58 bits per heavy atom. The fourth-order valence-electron chi connectivity index (χ4n) is 0.721. The lowest BCUT2D eigenvalue weighted by atomic mass is 10.4. The maximum atomic E-state index is 10.7. The molecule has 0 aromatic carbocycles. The van der Waals surface area contributed by atoms with E-state index in [1.807, 2.05) is 0 Å². The second-order valence-corrected chi connectivity index (χ2v) is 2.26. The molecule has 12 heavy (non-hydrogen) atoms. The van der Waals surface area contributed by atoms with E-state index < -0.39 is 0 Å². The number of nitrogens with one attached hydrogen (secondary N) is 2. The van der Waals surface area contributed by atoms with Crippen LogP contribution in [0.4, 0.5) is 0 Å². The molecular weight excluding hydrogens is 158 g/mol. The van der Waals surface area contributed by atoms with Crippen molar-refractivity contribution in [3.05, 3.63) is 18.0 Å². The number of likely N-dealkylation sites (N-methyl/N-ethyl adjacent to an activating group) is 1. The van der Waals surface area contributed by atoms with Crippen molar-refractivity contribution in [3.8, 4) is 0 Å².